The Kier molecular flexibility index (Phi) is 6.12. The van der Waals surface area contributed by atoms with E-state index in [1.807, 2.05) is 44.2 Å². The van der Waals surface area contributed by atoms with Gasteiger partial charge in [-0.3, -0.25) is 4.52 Å². The second-order valence-corrected chi connectivity index (χ2v) is 9.06. The van der Waals surface area contributed by atoms with E-state index in [4.69, 9.17) is 9.05 Å². The van der Waals surface area contributed by atoms with Gasteiger partial charge in [0.05, 0.1) is 24.7 Å². The molecule has 1 heterocycles. The Morgan fingerprint density at radius 1 is 1.32 bits per heavy atom. The third-order valence-electron chi connectivity index (χ3n) is 2.97. The third kappa shape index (κ3) is 4.63. The summed E-state index contributed by atoms with van der Waals surface area (Å²) in [4.78, 5) is 0. The molecule has 0 aliphatic carbocycles. The van der Waals surface area contributed by atoms with Crippen LogP contribution in [0.4, 0.5) is 0 Å². The van der Waals surface area contributed by atoms with Crippen LogP contribution in [0, 0.1) is 0 Å². The second kappa shape index (κ2) is 7.86. The van der Waals surface area contributed by atoms with Gasteiger partial charge in [-0.25, -0.2) is 9.25 Å². The number of nitrogens with zero attached hydrogens (tertiary/aromatic N) is 2. The average molecular weight is 340 g/mol. The zero-order valence-electron chi connectivity index (χ0n) is 13.0. The van der Waals surface area contributed by atoms with E-state index in [1.165, 1.54) is 11.4 Å². The molecule has 0 fully saturated rings. The van der Waals surface area contributed by atoms with Gasteiger partial charge in [0.25, 0.3) is 0 Å². The van der Waals surface area contributed by atoms with Crippen molar-refractivity contribution in [2.24, 2.45) is 0 Å². The Labute approximate surface area is 135 Å². The molecule has 5 nitrogen and oxygen atoms in total. The summed E-state index contributed by atoms with van der Waals surface area (Å²) in [5, 5.41) is 4.43. The van der Waals surface area contributed by atoms with Crippen LogP contribution in [-0.2, 0) is 9.09 Å². The van der Waals surface area contributed by atoms with E-state index in [2.05, 4.69) is 5.10 Å². The molecule has 0 aliphatic rings. The van der Waals surface area contributed by atoms with E-state index in [0.717, 1.165) is 12.1 Å². The molecule has 0 saturated heterocycles. The van der Waals surface area contributed by atoms with Crippen LogP contribution in [0.3, 0.4) is 0 Å². The van der Waals surface area contributed by atoms with Crippen molar-refractivity contribution < 1.29 is 13.6 Å². The summed E-state index contributed by atoms with van der Waals surface area (Å²) in [6, 6.07) is 9.68. The molecule has 2 rings (SSSR count). The molecule has 1 aromatic heterocycles. The third-order valence-corrected chi connectivity index (χ3v) is 7.32. The van der Waals surface area contributed by atoms with Gasteiger partial charge in [0.15, 0.2) is 5.75 Å². The number of benzene rings is 1. The zero-order chi connectivity index (χ0) is 16.0. The lowest BCUT2D eigenvalue weighted by atomic mass is 10.3. The van der Waals surface area contributed by atoms with Crippen molar-refractivity contribution in [3.8, 4) is 11.4 Å². The predicted molar refractivity (Wildman–Crippen MR) is 90.8 cm³/mol. The van der Waals surface area contributed by atoms with Crippen molar-refractivity contribution >= 4 is 18.2 Å². The summed E-state index contributed by atoms with van der Waals surface area (Å²) in [5.74, 6) is 0.441. The fraction of sp³-hybridized carbons (Fsp3) is 0.400. The van der Waals surface area contributed by atoms with E-state index in [1.54, 1.807) is 24.0 Å². The molecular formula is C15H21N2O3PS. The molecule has 2 atom stereocenters. The lowest BCUT2D eigenvalue weighted by Gasteiger charge is -2.19. The Balaban J connectivity index is 2.14. The Bertz CT molecular complexity index is 633. The maximum Gasteiger partial charge on any atom is 0.440 e. The van der Waals surface area contributed by atoms with Crippen LogP contribution in [0.5, 0.6) is 5.75 Å². The lowest BCUT2D eigenvalue weighted by molar-refractivity contribution is 0.296. The van der Waals surface area contributed by atoms with Crippen LogP contribution < -0.4 is 4.52 Å². The monoisotopic (exact) mass is 340 g/mol. The van der Waals surface area contributed by atoms with Crippen molar-refractivity contribution in [1.82, 2.24) is 9.78 Å². The summed E-state index contributed by atoms with van der Waals surface area (Å²) < 4.78 is 25.5. The van der Waals surface area contributed by atoms with Crippen LogP contribution in [0.25, 0.3) is 5.69 Å². The van der Waals surface area contributed by atoms with E-state index in [-0.39, 0.29) is 5.25 Å². The van der Waals surface area contributed by atoms with Crippen molar-refractivity contribution in [2.75, 3.05) is 6.61 Å². The van der Waals surface area contributed by atoms with Gasteiger partial charge in [-0.2, -0.15) is 5.10 Å². The first-order chi connectivity index (χ1) is 10.6. The summed E-state index contributed by atoms with van der Waals surface area (Å²) >= 11 is 1.25. The molecule has 7 heteroatoms. The minimum Gasteiger partial charge on any atom is -0.414 e. The Morgan fingerprint density at radius 2 is 2.05 bits per heavy atom. The molecule has 0 N–H and O–H groups in total. The zero-order valence-corrected chi connectivity index (χ0v) is 14.7. The van der Waals surface area contributed by atoms with E-state index < -0.39 is 6.80 Å². The van der Waals surface area contributed by atoms with Crippen LogP contribution in [0.1, 0.15) is 27.2 Å². The lowest BCUT2D eigenvalue weighted by Crippen LogP contribution is -2.00. The Morgan fingerprint density at radius 3 is 2.68 bits per heavy atom. The van der Waals surface area contributed by atoms with E-state index in [0.29, 0.717) is 12.4 Å². The first-order valence-electron chi connectivity index (χ1n) is 7.29. The van der Waals surface area contributed by atoms with Crippen molar-refractivity contribution in [3.63, 3.8) is 0 Å². The van der Waals surface area contributed by atoms with Gasteiger partial charge in [0.2, 0.25) is 0 Å². The van der Waals surface area contributed by atoms with Gasteiger partial charge in [-0.15, -0.1) is 0 Å². The SMILES string of the molecule is CCOP(=O)(Oc1cnn(-c2ccccc2)c1)SC(C)CC. The highest BCUT2D eigenvalue weighted by molar-refractivity contribution is 8.55. The van der Waals surface area contributed by atoms with Crippen LogP contribution in [-0.4, -0.2) is 21.6 Å². The number of rotatable bonds is 8. The second-order valence-electron chi connectivity index (χ2n) is 4.74. The molecule has 0 bridgehead atoms. The fourth-order valence-electron chi connectivity index (χ4n) is 1.74. The topological polar surface area (TPSA) is 53.4 Å². The van der Waals surface area contributed by atoms with Crippen molar-refractivity contribution in [1.29, 1.82) is 0 Å². The highest BCUT2D eigenvalue weighted by Gasteiger charge is 2.30. The fourth-order valence-corrected chi connectivity index (χ4v) is 5.81. The molecule has 0 radical (unpaired) electrons. The van der Waals surface area contributed by atoms with Crippen molar-refractivity contribution in [2.45, 2.75) is 32.4 Å². The van der Waals surface area contributed by atoms with Gasteiger partial charge in [-0.1, -0.05) is 32.0 Å². The molecule has 1 aromatic carbocycles. The first kappa shape index (κ1) is 17.1. The summed E-state index contributed by atoms with van der Waals surface area (Å²) in [6.45, 7) is 2.97. The first-order valence-corrected chi connectivity index (χ1v) is 10.3. The molecule has 2 aromatic rings. The number of aromatic nitrogens is 2. The maximum atomic E-state index is 12.8. The van der Waals surface area contributed by atoms with Crippen LogP contribution in [0.15, 0.2) is 42.7 Å². The number of hydrogen-bond donors (Lipinski definition) is 0. The van der Waals surface area contributed by atoms with Gasteiger partial charge in [0, 0.05) is 5.25 Å². The molecule has 22 heavy (non-hydrogen) atoms. The number of para-hydroxylation sites is 1. The molecule has 0 amide bonds. The Hall–Kier alpha value is -1.23. The quantitative estimate of drug-likeness (QED) is 0.638. The van der Waals surface area contributed by atoms with Gasteiger partial charge < -0.3 is 4.52 Å². The smallest absolute Gasteiger partial charge is 0.414 e. The standard InChI is InChI=1S/C15H21N2O3PS/c1-4-13(3)22-21(18,19-5-2)20-15-11-16-17(12-15)14-9-7-6-8-10-14/h6-13H,4-5H2,1-3H3. The highest BCUT2D eigenvalue weighted by atomic mass is 32.7. The normalized spacial score (nSPS) is 15.2. The predicted octanol–water partition coefficient (Wildman–Crippen LogP) is 4.93. The summed E-state index contributed by atoms with van der Waals surface area (Å²) in [5.41, 5.74) is 0.915. The maximum absolute atomic E-state index is 12.8. The molecule has 2 unspecified atom stereocenters. The van der Waals surface area contributed by atoms with Gasteiger partial charge in [0.1, 0.15) is 0 Å². The van der Waals surface area contributed by atoms with Crippen molar-refractivity contribution in [3.05, 3.63) is 42.7 Å². The highest BCUT2D eigenvalue weighted by Crippen LogP contribution is 2.62. The van der Waals surface area contributed by atoms with E-state index in [9.17, 15) is 4.57 Å². The van der Waals surface area contributed by atoms with Gasteiger partial charge >= 0.3 is 6.80 Å². The molecule has 0 spiro atoms. The molecule has 0 aliphatic heterocycles. The molecule has 120 valence electrons. The minimum atomic E-state index is -3.23. The van der Waals surface area contributed by atoms with Gasteiger partial charge in [-0.05, 0) is 36.9 Å². The minimum absolute atomic E-state index is 0.196. The molecular weight excluding hydrogens is 319 g/mol. The summed E-state index contributed by atoms with van der Waals surface area (Å²) in [7, 11) is 0. The van der Waals surface area contributed by atoms with Crippen LogP contribution in [0.2, 0.25) is 0 Å². The number of hydrogen-bond acceptors (Lipinski definition) is 5. The van der Waals surface area contributed by atoms with E-state index >= 15 is 0 Å². The average Bonchev–Trinajstić information content (AvgIpc) is 2.96. The van der Waals surface area contributed by atoms with Crippen LogP contribution >= 0.6 is 18.2 Å². The largest absolute Gasteiger partial charge is 0.440 e. The molecule has 0 saturated carbocycles. The summed E-state index contributed by atoms with van der Waals surface area (Å²) in [6.07, 6.45) is 4.16.